The van der Waals surface area contributed by atoms with Gasteiger partial charge in [-0.05, 0) is 127 Å². The molecule has 3 heteroatoms. The highest BCUT2D eigenvalue weighted by atomic mass is 32.1. The molecule has 69 heavy (non-hydrogen) atoms. The quantitative estimate of drug-likeness (QED) is 0.166. The first-order valence-electron chi connectivity index (χ1n) is 25.9. The fourth-order valence-electron chi connectivity index (χ4n) is 6.37. The van der Waals surface area contributed by atoms with E-state index in [-0.39, 0.29) is 0 Å². The van der Waals surface area contributed by atoms with E-state index in [1.807, 2.05) is 120 Å². The SMILES string of the molecule is CC.CC.CC.CC.CC.CC.CC.Cc1ccc(-c2ccc(C)cc2)cc1.Cc1ccc(-c2ccc(C)s2)s1.Cc1ccc(C)cc1.Cc1ccc2c(c1)c1cc(C)ccc1n2-c1ccccc1. The number of fused-ring (bicyclic) bond motifs is 3. The molecule has 6 aromatic carbocycles. The van der Waals surface area contributed by atoms with Gasteiger partial charge in [0.15, 0.2) is 0 Å². The van der Waals surface area contributed by atoms with Crippen molar-refractivity contribution in [2.45, 2.75) is 152 Å². The number of nitrogens with zero attached hydrogens (tertiary/aromatic N) is 1. The van der Waals surface area contributed by atoms with Crippen LogP contribution in [0.5, 0.6) is 0 Å². The molecule has 9 rings (SSSR count). The van der Waals surface area contributed by atoms with Gasteiger partial charge in [0, 0.05) is 36.0 Å². The zero-order valence-electron chi connectivity index (χ0n) is 47.4. The van der Waals surface area contributed by atoms with Gasteiger partial charge in [0.25, 0.3) is 0 Å². The molecule has 0 unspecified atom stereocenters. The lowest BCUT2D eigenvalue weighted by Crippen LogP contribution is -1.92. The first-order valence-corrected chi connectivity index (χ1v) is 27.5. The van der Waals surface area contributed by atoms with Crippen LogP contribution in [0.15, 0.2) is 164 Å². The smallest absolute Gasteiger partial charge is 0.0541 e. The van der Waals surface area contributed by atoms with Crippen LogP contribution in [0.3, 0.4) is 0 Å². The summed E-state index contributed by atoms with van der Waals surface area (Å²) in [5, 5.41) is 2.66. The molecule has 0 saturated heterocycles. The predicted octanol–water partition coefficient (Wildman–Crippen LogP) is 23.0. The minimum absolute atomic E-state index is 1.21. The lowest BCUT2D eigenvalue weighted by atomic mass is 10.0. The van der Waals surface area contributed by atoms with Gasteiger partial charge < -0.3 is 4.57 Å². The Morgan fingerprint density at radius 1 is 0.275 bits per heavy atom. The molecular weight excluding hydrogens is 871 g/mol. The summed E-state index contributed by atoms with van der Waals surface area (Å²) in [5.41, 5.74) is 14.2. The van der Waals surface area contributed by atoms with E-state index in [0.29, 0.717) is 0 Å². The molecule has 0 saturated carbocycles. The number of aromatic nitrogens is 1. The van der Waals surface area contributed by atoms with E-state index in [1.54, 1.807) is 0 Å². The van der Waals surface area contributed by atoms with Crippen molar-refractivity contribution in [1.82, 2.24) is 4.57 Å². The molecule has 1 nitrogen and oxygen atoms in total. The van der Waals surface area contributed by atoms with E-state index in [0.717, 1.165) is 0 Å². The van der Waals surface area contributed by atoms with Gasteiger partial charge in [-0.25, -0.2) is 0 Å². The van der Waals surface area contributed by atoms with Gasteiger partial charge in [-0.3, -0.25) is 0 Å². The fraction of sp³-hybridized carbons (Fsp3) is 0.333. The summed E-state index contributed by atoms with van der Waals surface area (Å²) >= 11 is 3.73. The number of rotatable bonds is 3. The van der Waals surface area contributed by atoms with Crippen LogP contribution in [-0.4, -0.2) is 4.57 Å². The molecule has 374 valence electrons. The van der Waals surface area contributed by atoms with Gasteiger partial charge >= 0.3 is 0 Å². The molecule has 0 amide bonds. The van der Waals surface area contributed by atoms with Gasteiger partial charge in [0.1, 0.15) is 0 Å². The summed E-state index contributed by atoms with van der Waals surface area (Å²) in [6.07, 6.45) is 0. The van der Waals surface area contributed by atoms with E-state index < -0.39 is 0 Å². The summed E-state index contributed by atoms with van der Waals surface area (Å²) in [5.74, 6) is 0. The summed E-state index contributed by atoms with van der Waals surface area (Å²) < 4.78 is 2.35. The Labute approximate surface area is 432 Å². The van der Waals surface area contributed by atoms with E-state index in [1.165, 1.54) is 91.5 Å². The van der Waals surface area contributed by atoms with Gasteiger partial charge in [0.05, 0.1) is 11.0 Å². The molecular formula is C66H93NS2. The number of para-hydroxylation sites is 1. The van der Waals surface area contributed by atoms with Crippen molar-refractivity contribution in [2.75, 3.05) is 0 Å². The third-order valence-electron chi connectivity index (χ3n) is 9.47. The van der Waals surface area contributed by atoms with Crippen molar-refractivity contribution >= 4 is 44.5 Å². The monoisotopic (exact) mass is 964 g/mol. The molecule has 0 aliphatic carbocycles. The van der Waals surface area contributed by atoms with Crippen molar-refractivity contribution < 1.29 is 0 Å². The normalized spacial score (nSPS) is 9.01. The van der Waals surface area contributed by atoms with Crippen molar-refractivity contribution in [2.24, 2.45) is 0 Å². The Kier molecular flexibility index (Phi) is 37.4. The molecule has 0 atom stereocenters. The van der Waals surface area contributed by atoms with Crippen LogP contribution in [0.25, 0.3) is 48.4 Å². The van der Waals surface area contributed by atoms with Crippen molar-refractivity contribution in [3.8, 4) is 26.6 Å². The molecule has 0 spiro atoms. The highest BCUT2D eigenvalue weighted by molar-refractivity contribution is 7.22. The topological polar surface area (TPSA) is 4.93 Å². The fourth-order valence-corrected chi connectivity index (χ4v) is 8.19. The summed E-state index contributed by atoms with van der Waals surface area (Å²) in [6, 6.07) is 58.5. The minimum Gasteiger partial charge on any atom is -0.309 e. The molecule has 0 N–H and O–H groups in total. The zero-order valence-corrected chi connectivity index (χ0v) is 49.0. The molecule has 0 bridgehead atoms. The minimum atomic E-state index is 1.21. The second-order valence-corrected chi connectivity index (χ2v) is 17.0. The molecule has 0 aliphatic rings. The van der Waals surface area contributed by atoms with E-state index >= 15 is 0 Å². The highest BCUT2D eigenvalue weighted by Crippen LogP contribution is 2.34. The second kappa shape index (κ2) is 39.4. The molecule has 3 heterocycles. The number of hydrogen-bond acceptors (Lipinski definition) is 2. The van der Waals surface area contributed by atoms with Crippen LogP contribution in [0.2, 0.25) is 0 Å². The Morgan fingerprint density at radius 3 is 0.826 bits per heavy atom. The standard InChI is InChI=1S/C20H17N.C14H14.C10H10S2.C8H10.7C2H6/c1-14-8-10-19-17(12-14)18-13-15(2)9-11-20(18)21(19)16-6-4-3-5-7-16;1-11-3-7-13(8-4-11)14-9-5-12(2)6-10-14;1-7-3-5-9(11-7)10-6-4-8(2)12-10;1-7-3-5-8(2)6-4-7;7*1-2/h3-13H,1-2H3;3-10H,1-2H3;3-6H,1-2H3;3-6H,1-2H3;7*1-2H3. The van der Waals surface area contributed by atoms with Crippen LogP contribution in [0.1, 0.15) is 140 Å². The summed E-state index contributed by atoms with van der Waals surface area (Å²) in [7, 11) is 0. The van der Waals surface area contributed by atoms with Gasteiger partial charge in [0.2, 0.25) is 0 Å². The highest BCUT2D eigenvalue weighted by Gasteiger charge is 2.12. The first kappa shape index (κ1) is 65.6. The number of aryl methyl sites for hydroxylation is 8. The van der Waals surface area contributed by atoms with Gasteiger partial charge in [-0.1, -0.05) is 233 Å². The van der Waals surface area contributed by atoms with Crippen LogP contribution < -0.4 is 0 Å². The maximum atomic E-state index is 2.35. The molecule has 3 aromatic heterocycles. The molecule has 9 aromatic rings. The average Bonchev–Trinajstić information content (AvgIpc) is 4.14. The van der Waals surface area contributed by atoms with Crippen molar-refractivity contribution in [3.05, 3.63) is 207 Å². The van der Waals surface area contributed by atoms with Crippen LogP contribution in [0, 0.1) is 55.4 Å². The predicted molar refractivity (Wildman–Crippen MR) is 324 cm³/mol. The first-order chi connectivity index (χ1) is 33.5. The molecule has 0 aliphatic heterocycles. The Hall–Kier alpha value is -5.48. The number of hydrogen-bond donors (Lipinski definition) is 0. The Balaban J connectivity index is 0. The van der Waals surface area contributed by atoms with Gasteiger partial charge in [-0.15, -0.1) is 22.7 Å². The van der Waals surface area contributed by atoms with Crippen molar-refractivity contribution in [1.29, 1.82) is 0 Å². The van der Waals surface area contributed by atoms with E-state index in [9.17, 15) is 0 Å². The Bertz CT molecular complexity index is 2420. The van der Waals surface area contributed by atoms with Crippen LogP contribution in [0.4, 0.5) is 0 Å². The number of benzene rings is 6. The maximum Gasteiger partial charge on any atom is 0.0541 e. The van der Waals surface area contributed by atoms with Crippen LogP contribution in [-0.2, 0) is 0 Å². The largest absolute Gasteiger partial charge is 0.309 e. The summed E-state index contributed by atoms with van der Waals surface area (Å²) in [6.45, 7) is 45.0. The van der Waals surface area contributed by atoms with E-state index in [4.69, 9.17) is 0 Å². The molecule has 0 fully saturated rings. The van der Waals surface area contributed by atoms with Crippen LogP contribution >= 0.6 is 22.7 Å². The third-order valence-corrected chi connectivity index (χ3v) is 11.7. The lowest BCUT2D eigenvalue weighted by Gasteiger charge is -2.07. The number of thiophene rings is 2. The average molecular weight is 965 g/mol. The van der Waals surface area contributed by atoms with Crippen molar-refractivity contribution in [3.63, 3.8) is 0 Å². The second-order valence-electron chi connectivity index (χ2n) is 14.4. The van der Waals surface area contributed by atoms with E-state index in [2.05, 4.69) is 224 Å². The Morgan fingerprint density at radius 2 is 0.551 bits per heavy atom. The maximum absolute atomic E-state index is 2.35. The third kappa shape index (κ3) is 22.7. The van der Waals surface area contributed by atoms with Gasteiger partial charge in [-0.2, -0.15) is 0 Å². The molecule has 0 radical (unpaired) electrons. The zero-order chi connectivity index (χ0) is 52.9. The lowest BCUT2D eigenvalue weighted by molar-refractivity contribution is 1.18. The summed E-state index contributed by atoms with van der Waals surface area (Å²) in [4.78, 5) is 5.56.